The summed E-state index contributed by atoms with van der Waals surface area (Å²) in [7, 11) is -3.17. The summed E-state index contributed by atoms with van der Waals surface area (Å²) in [4.78, 5) is 0. The number of sulfonamides is 1. The number of unbranched alkanes of at least 4 members (excludes halogenated alkanes) is 1. The average Bonchev–Trinajstić information content (AvgIpc) is 2.16. The van der Waals surface area contributed by atoms with Gasteiger partial charge in [0.15, 0.2) is 0 Å². The number of nitrogens with two attached hydrogens (primary N) is 1. The van der Waals surface area contributed by atoms with Crippen LogP contribution in [-0.4, -0.2) is 44.3 Å². The van der Waals surface area contributed by atoms with Crippen LogP contribution < -0.4 is 11.2 Å². The van der Waals surface area contributed by atoms with Crippen molar-refractivity contribution in [2.45, 2.75) is 19.8 Å². The molecule has 6 heteroatoms. The van der Waals surface area contributed by atoms with Gasteiger partial charge >= 0.3 is 10.0 Å². The van der Waals surface area contributed by atoms with Gasteiger partial charge in [0.1, 0.15) is 18.8 Å². The summed E-state index contributed by atoms with van der Waals surface area (Å²) in [5.74, 6) is 6.10. The Kier molecular flexibility index (Phi) is 3.88. The van der Waals surface area contributed by atoms with Crippen LogP contribution in [0.1, 0.15) is 19.8 Å². The molecule has 3 N–H and O–H groups in total. The first-order valence-corrected chi connectivity index (χ1v) is 6.72. The van der Waals surface area contributed by atoms with E-state index >= 15 is 0 Å². The molecule has 0 aromatic rings. The lowest BCUT2D eigenvalue weighted by Crippen LogP contribution is -2.66. The molecule has 1 saturated heterocycles. The standard InChI is InChI=1S/C8H20N3O2S/c1-2-3-8-14(12,13)11(9)6-4-10-5-7-11/h10H,2-9H2,1H3/q+1. The lowest BCUT2D eigenvalue weighted by molar-refractivity contribution is -0.820. The van der Waals surface area contributed by atoms with Crippen LogP contribution in [0.15, 0.2) is 0 Å². The molecule has 0 radical (unpaired) electrons. The minimum atomic E-state index is -3.17. The Balaban J connectivity index is 2.68. The van der Waals surface area contributed by atoms with Gasteiger partial charge in [-0.1, -0.05) is 13.3 Å². The molecule has 0 spiro atoms. The van der Waals surface area contributed by atoms with Crippen LogP contribution in [0.2, 0.25) is 0 Å². The van der Waals surface area contributed by atoms with Crippen LogP contribution >= 0.6 is 0 Å². The first kappa shape index (κ1) is 11.9. The predicted molar refractivity (Wildman–Crippen MR) is 55.7 cm³/mol. The van der Waals surface area contributed by atoms with Gasteiger partial charge in [0, 0.05) is 13.1 Å². The molecule has 5 nitrogen and oxygen atoms in total. The van der Waals surface area contributed by atoms with Crippen molar-refractivity contribution < 1.29 is 12.4 Å². The highest BCUT2D eigenvalue weighted by molar-refractivity contribution is 7.85. The fourth-order valence-corrected chi connectivity index (χ4v) is 3.32. The molecule has 1 fully saturated rings. The Bertz CT molecular complexity index is 270. The molecular weight excluding hydrogens is 202 g/mol. The van der Waals surface area contributed by atoms with E-state index in [1.54, 1.807) is 0 Å². The third-order valence-electron chi connectivity index (χ3n) is 2.64. The molecule has 14 heavy (non-hydrogen) atoms. The van der Waals surface area contributed by atoms with Gasteiger partial charge in [-0.2, -0.15) is 14.3 Å². The van der Waals surface area contributed by atoms with Crippen molar-refractivity contribution in [3.63, 3.8) is 0 Å². The number of hydrogen-bond donors (Lipinski definition) is 2. The monoisotopic (exact) mass is 222 g/mol. The molecule has 0 amide bonds. The molecule has 0 aromatic heterocycles. The number of hydrogen-bond acceptors (Lipinski definition) is 4. The molecule has 0 aliphatic carbocycles. The van der Waals surface area contributed by atoms with E-state index in [1.165, 1.54) is 0 Å². The van der Waals surface area contributed by atoms with Crippen LogP contribution in [0.3, 0.4) is 0 Å². The van der Waals surface area contributed by atoms with Crippen LogP contribution in [0, 0.1) is 0 Å². The van der Waals surface area contributed by atoms with E-state index in [0.717, 1.165) is 6.42 Å². The van der Waals surface area contributed by atoms with Crippen molar-refractivity contribution in [1.82, 2.24) is 5.32 Å². The Morgan fingerprint density at radius 1 is 1.36 bits per heavy atom. The summed E-state index contributed by atoms with van der Waals surface area (Å²) in [5.41, 5.74) is 0. The zero-order valence-electron chi connectivity index (χ0n) is 8.70. The van der Waals surface area contributed by atoms with Gasteiger partial charge in [-0.3, -0.25) is 0 Å². The summed E-state index contributed by atoms with van der Waals surface area (Å²) in [6.45, 7) is 4.30. The zero-order chi connectivity index (χ0) is 10.7. The van der Waals surface area contributed by atoms with Gasteiger partial charge in [-0.25, -0.2) is 0 Å². The number of nitrogens with one attached hydrogen (secondary N) is 1. The normalized spacial score (nSPS) is 22.1. The fraction of sp³-hybridized carbons (Fsp3) is 1.00. The summed E-state index contributed by atoms with van der Waals surface area (Å²) >= 11 is 0. The minimum absolute atomic E-state index is 0.208. The lowest BCUT2D eigenvalue weighted by atomic mass is 10.4. The van der Waals surface area contributed by atoms with Crippen molar-refractivity contribution in [2.75, 3.05) is 31.9 Å². The molecular formula is C8H20N3O2S+. The van der Waals surface area contributed by atoms with E-state index in [4.69, 9.17) is 5.84 Å². The molecule has 0 atom stereocenters. The lowest BCUT2D eigenvalue weighted by Gasteiger charge is -2.34. The fourth-order valence-electron chi connectivity index (χ4n) is 1.56. The highest BCUT2D eigenvalue weighted by Gasteiger charge is 2.39. The van der Waals surface area contributed by atoms with Gasteiger partial charge < -0.3 is 5.32 Å². The maximum Gasteiger partial charge on any atom is 0.314 e. The van der Waals surface area contributed by atoms with Gasteiger partial charge in [0.05, 0.1) is 0 Å². The third kappa shape index (κ3) is 2.44. The average molecular weight is 222 g/mol. The van der Waals surface area contributed by atoms with Gasteiger partial charge in [-0.15, -0.1) is 4.00 Å². The van der Waals surface area contributed by atoms with Crippen LogP contribution in [0.4, 0.5) is 0 Å². The van der Waals surface area contributed by atoms with Crippen molar-refractivity contribution >= 4 is 10.0 Å². The second-order valence-electron chi connectivity index (χ2n) is 3.79. The van der Waals surface area contributed by atoms with E-state index in [1.807, 2.05) is 6.92 Å². The number of rotatable bonds is 4. The quantitative estimate of drug-likeness (QED) is 0.492. The summed E-state index contributed by atoms with van der Waals surface area (Å²) in [5, 5.41) is 3.11. The highest BCUT2D eigenvalue weighted by Crippen LogP contribution is 2.12. The largest absolute Gasteiger partial charge is 0.314 e. The smallest absolute Gasteiger partial charge is 0.306 e. The summed E-state index contributed by atoms with van der Waals surface area (Å²) in [6, 6.07) is 0. The number of piperazine rings is 1. The van der Waals surface area contributed by atoms with E-state index in [-0.39, 0.29) is 9.75 Å². The molecule has 0 saturated carbocycles. The molecule has 84 valence electrons. The van der Waals surface area contributed by atoms with Crippen LogP contribution in [0.5, 0.6) is 0 Å². The van der Waals surface area contributed by atoms with Crippen LogP contribution in [0.25, 0.3) is 0 Å². The van der Waals surface area contributed by atoms with E-state index < -0.39 is 10.0 Å². The molecule has 0 bridgehead atoms. The Hall–Kier alpha value is -0.170. The molecule has 0 aromatic carbocycles. The van der Waals surface area contributed by atoms with Gasteiger partial charge in [0.25, 0.3) is 0 Å². The second-order valence-corrected chi connectivity index (χ2v) is 6.09. The van der Waals surface area contributed by atoms with Gasteiger partial charge in [-0.05, 0) is 6.42 Å². The zero-order valence-corrected chi connectivity index (χ0v) is 9.52. The third-order valence-corrected chi connectivity index (χ3v) is 4.92. The van der Waals surface area contributed by atoms with Crippen molar-refractivity contribution in [3.8, 4) is 0 Å². The van der Waals surface area contributed by atoms with Crippen molar-refractivity contribution in [3.05, 3.63) is 0 Å². The topological polar surface area (TPSA) is 72.2 Å². The van der Waals surface area contributed by atoms with Gasteiger partial charge in [0.2, 0.25) is 0 Å². The van der Waals surface area contributed by atoms with Crippen LogP contribution in [-0.2, 0) is 10.0 Å². The predicted octanol–water partition coefficient (Wildman–Crippen LogP) is -0.590. The molecule has 1 aliphatic rings. The highest BCUT2D eigenvalue weighted by atomic mass is 32.2. The Morgan fingerprint density at radius 2 is 1.93 bits per heavy atom. The van der Waals surface area contributed by atoms with E-state index in [9.17, 15) is 8.42 Å². The Labute approximate surface area is 85.9 Å². The molecule has 0 unspecified atom stereocenters. The second kappa shape index (κ2) is 4.57. The SMILES string of the molecule is CCCCS(=O)(=O)[N+]1(N)CCNCC1. The maximum atomic E-state index is 11.9. The first-order chi connectivity index (χ1) is 6.52. The Morgan fingerprint density at radius 3 is 2.43 bits per heavy atom. The minimum Gasteiger partial charge on any atom is -0.306 e. The molecule has 1 aliphatic heterocycles. The van der Waals surface area contributed by atoms with E-state index in [0.29, 0.717) is 32.6 Å². The molecule has 1 rings (SSSR count). The maximum absolute atomic E-state index is 11.9. The molecule has 1 heterocycles. The summed E-state index contributed by atoms with van der Waals surface area (Å²) < 4.78 is 23.5. The first-order valence-electron chi connectivity index (χ1n) is 5.11. The van der Waals surface area contributed by atoms with E-state index in [2.05, 4.69) is 5.32 Å². The van der Waals surface area contributed by atoms with Crippen molar-refractivity contribution in [1.29, 1.82) is 0 Å². The summed E-state index contributed by atoms with van der Waals surface area (Å²) in [6.07, 6.45) is 1.59. The number of nitrogens with zero attached hydrogens (tertiary/aromatic N) is 1. The van der Waals surface area contributed by atoms with Crippen molar-refractivity contribution in [2.24, 2.45) is 5.84 Å². The number of quaternary nitrogens is 1.